The second-order valence-electron chi connectivity index (χ2n) is 2.80. The van der Waals surface area contributed by atoms with Gasteiger partial charge < -0.3 is 0 Å². The van der Waals surface area contributed by atoms with Gasteiger partial charge in [0.2, 0.25) is 0 Å². The Morgan fingerprint density at radius 1 is 1.62 bits per heavy atom. The first kappa shape index (κ1) is 10.6. The number of nitrogens with zero attached hydrogens (tertiary/aromatic N) is 1. The zero-order valence-corrected chi connectivity index (χ0v) is 9.73. The molecule has 1 aromatic carbocycles. The van der Waals surface area contributed by atoms with Gasteiger partial charge in [0.05, 0.1) is 12.0 Å². The molecule has 0 spiro atoms. The van der Waals surface area contributed by atoms with Gasteiger partial charge in [-0.05, 0) is 25.1 Å². The Bertz CT molecular complexity index is 319. The van der Waals surface area contributed by atoms with Crippen LogP contribution in [0, 0.1) is 17.2 Å². The maximum Gasteiger partial charge on any atom is 0.0661 e. The third kappa shape index (κ3) is 3.84. The van der Waals surface area contributed by atoms with Gasteiger partial charge in [0.25, 0.3) is 0 Å². The molecule has 0 aliphatic rings. The molecule has 0 radical (unpaired) electrons. The van der Waals surface area contributed by atoms with Crippen LogP contribution >= 0.6 is 27.7 Å². The molecule has 0 heterocycles. The first-order valence-corrected chi connectivity index (χ1v) is 5.78. The van der Waals surface area contributed by atoms with Gasteiger partial charge in [0, 0.05) is 15.1 Å². The Hall–Kier alpha value is -0.460. The smallest absolute Gasteiger partial charge is 0.0661 e. The van der Waals surface area contributed by atoms with Crippen molar-refractivity contribution < 1.29 is 0 Å². The summed E-state index contributed by atoms with van der Waals surface area (Å²) in [6.45, 7) is 1.94. The average molecular weight is 256 g/mol. The van der Waals surface area contributed by atoms with Crippen molar-refractivity contribution in [3.8, 4) is 6.07 Å². The van der Waals surface area contributed by atoms with E-state index in [1.807, 2.05) is 19.1 Å². The lowest BCUT2D eigenvalue weighted by Gasteiger charge is -2.02. The molecule has 0 aromatic heterocycles. The highest BCUT2D eigenvalue weighted by Crippen LogP contribution is 2.23. The molecule has 0 aliphatic carbocycles. The molecular formula is C10H10BrNS. The first-order valence-electron chi connectivity index (χ1n) is 4.00. The predicted molar refractivity (Wildman–Crippen MR) is 59.6 cm³/mol. The summed E-state index contributed by atoms with van der Waals surface area (Å²) in [6, 6.07) is 10.3. The van der Waals surface area contributed by atoms with Gasteiger partial charge in [-0.2, -0.15) is 5.26 Å². The van der Waals surface area contributed by atoms with Crippen molar-refractivity contribution in [1.29, 1.82) is 5.26 Å². The number of benzene rings is 1. The summed E-state index contributed by atoms with van der Waals surface area (Å²) in [6.07, 6.45) is 0. The summed E-state index contributed by atoms with van der Waals surface area (Å²) < 4.78 is 1.09. The summed E-state index contributed by atoms with van der Waals surface area (Å²) in [5.74, 6) is 0.969. The van der Waals surface area contributed by atoms with Crippen molar-refractivity contribution in [1.82, 2.24) is 0 Å². The van der Waals surface area contributed by atoms with Gasteiger partial charge >= 0.3 is 0 Å². The molecule has 1 aromatic rings. The Labute approximate surface area is 91.3 Å². The van der Waals surface area contributed by atoms with Crippen molar-refractivity contribution in [3.05, 3.63) is 28.7 Å². The van der Waals surface area contributed by atoms with Crippen molar-refractivity contribution in [2.75, 3.05) is 5.75 Å². The first-order chi connectivity index (χ1) is 6.22. The summed E-state index contributed by atoms with van der Waals surface area (Å²) in [5, 5.41) is 8.59. The fraction of sp³-hybridized carbons (Fsp3) is 0.300. The third-order valence-corrected chi connectivity index (χ3v) is 3.26. The lowest BCUT2D eigenvalue weighted by atomic mass is 10.3. The molecule has 0 N–H and O–H groups in total. The zero-order valence-electron chi connectivity index (χ0n) is 7.33. The predicted octanol–water partition coefficient (Wildman–Crippen LogP) is 3.70. The fourth-order valence-electron chi connectivity index (χ4n) is 0.815. The number of hydrogen-bond donors (Lipinski definition) is 0. The van der Waals surface area contributed by atoms with Gasteiger partial charge in [-0.15, -0.1) is 11.8 Å². The van der Waals surface area contributed by atoms with Crippen molar-refractivity contribution >= 4 is 27.7 Å². The molecule has 13 heavy (non-hydrogen) atoms. The molecule has 1 atom stereocenters. The normalized spacial score (nSPS) is 12.1. The molecule has 3 heteroatoms. The van der Waals surface area contributed by atoms with Crippen LogP contribution in [0.15, 0.2) is 33.6 Å². The maximum atomic E-state index is 8.59. The van der Waals surface area contributed by atoms with E-state index in [9.17, 15) is 0 Å². The van der Waals surface area contributed by atoms with Gasteiger partial charge in [0.15, 0.2) is 0 Å². The van der Waals surface area contributed by atoms with E-state index in [0.717, 1.165) is 10.2 Å². The standard InChI is InChI=1S/C10H10BrNS/c1-8(6-12)7-13-10-4-2-3-9(11)5-10/h2-5,8H,7H2,1H3. The zero-order chi connectivity index (χ0) is 9.68. The maximum absolute atomic E-state index is 8.59. The highest BCUT2D eigenvalue weighted by molar-refractivity contribution is 9.10. The monoisotopic (exact) mass is 255 g/mol. The van der Waals surface area contributed by atoms with Gasteiger partial charge in [-0.25, -0.2) is 0 Å². The van der Waals surface area contributed by atoms with Crippen LogP contribution in [0.2, 0.25) is 0 Å². The Balaban J connectivity index is 2.51. The highest BCUT2D eigenvalue weighted by Gasteiger charge is 2.00. The summed E-state index contributed by atoms with van der Waals surface area (Å²) in [7, 11) is 0. The Morgan fingerprint density at radius 2 is 2.38 bits per heavy atom. The molecule has 1 unspecified atom stereocenters. The van der Waals surface area contributed by atoms with E-state index in [2.05, 4.69) is 34.1 Å². The minimum atomic E-state index is 0.115. The second-order valence-corrected chi connectivity index (χ2v) is 4.81. The number of halogens is 1. The van der Waals surface area contributed by atoms with Crippen LogP contribution in [0.4, 0.5) is 0 Å². The number of nitriles is 1. The lowest BCUT2D eigenvalue weighted by molar-refractivity contribution is 0.864. The summed E-state index contributed by atoms with van der Waals surface area (Å²) in [4.78, 5) is 1.21. The molecule has 68 valence electrons. The minimum absolute atomic E-state index is 0.115. The molecular weight excluding hydrogens is 246 g/mol. The summed E-state index contributed by atoms with van der Waals surface area (Å²) >= 11 is 5.12. The van der Waals surface area contributed by atoms with Gasteiger partial charge in [-0.1, -0.05) is 22.0 Å². The molecule has 0 aliphatic heterocycles. The largest absolute Gasteiger partial charge is 0.198 e. The van der Waals surface area contributed by atoms with Gasteiger partial charge in [0.1, 0.15) is 0 Å². The quantitative estimate of drug-likeness (QED) is 0.770. The second kappa shape index (κ2) is 5.31. The minimum Gasteiger partial charge on any atom is -0.198 e. The third-order valence-electron chi connectivity index (χ3n) is 1.52. The van der Waals surface area contributed by atoms with E-state index in [-0.39, 0.29) is 5.92 Å². The molecule has 1 nitrogen and oxygen atoms in total. The molecule has 0 amide bonds. The molecule has 1 rings (SSSR count). The van der Waals surface area contributed by atoms with Crippen LogP contribution in [-0.2, 0) is 0 Å². The SMILES string of the molecule is CC(C#N)CSc1cccc(Br)c1. The van der Waals surface area contributed by atoms with Crippen LogP contribution in [-0.4, -0.2) is 5.75 Å². The van der Waals surface area contributed by atoms with Gasteiger partial charge in [-0.3, -0.25) is 0 Å². The van der Waals surface area contributed by atoms with Crippen LogP contribution < -0.4 is 0 Å². The topological polar surface area (TPSA) is 23.8 Å². The van der Waals surface area contributed by atoms with Crippen molar-refractivity contribution in [2.45, 2.75) is 11.8 Å². The van der Waals surface area contributed by atoms with Crippen molar-refractivity contribution in [3.63, 3.8) is 0 Å². The highest BCUT2D eigenvalue weighted by atomic mass is 79.9. The lowest BCUT2D eigenvalue weighted by Crippen LogP contribution is -1.92. The molecule has 0 bridgehead atoms. The number of rotatable bonds is 3. The molecule has 0 saturated heterocycles. The van der Waals surface area contributed by atoms with E-state index >= 15 is 0 Å². The van der Waals surface area contributed by atoms with Crippen LogP contribution in [0.5, 0.6) is 0 Å². The Morgan fingerprint density at radius 3 is 3.00 bits per heavy atom. The average Bonchev–Trinajstić information content (AvgIpc) is 2.14. The van der Waals surface area contributed by atoms with Crippen molar-refractivity contribution in [2.24, 2.45) is 5.92 Å². The summed E-state index contributed by atoms with van der Waals surface area (Å²) in [5.41, 5.74) is 0. The number of hydrogen-bond acceptors (Lipinski definition) is 2. The fourth-order valence-corrected chi connectivity index (χ4v) is 2.27. The van der Waals surface area contributed by atoms with E-state index in [1.165, 1.54) is 4.90 Å². The van der Waals surface area contributed by atoms with Crippen LogP contribution in [0.1, 0.15) is 6.92 Å². The van der Waals surface area contributed by atoms with E-state index < -0.39 is 0 Å². The Kier molecular flexibility index (Phi) is 4.34. The number of thioether (sulfide) groups is 1. The van der Waals surface area contributed by atoms with E-state index in [0.29, 0.717) is 0 Å². The molecule has 0 fully saturated rings. The van der Waals surface area contributed by atoms with E-state index in [4.69, 9.17) is 5.26 Å². The van der Waals surface area contributed by atoms with Crippen LogP contribution in [0.3, 0.4) is 0 Å². The van der Waals surface area contributed by atoms with E-state index in [1.54, 1.807) is 11.8 Å². The van der Waals surface area contributed by atoms with Crippen LogP contribution in [0.25, 0.3) is 0 Å². The molecule has 0 saturated carbocycles.